The lowest BCUT2D eigenvalue weighted by Crippen LogP contribution is -2.02. The smallest absolute Gasteiger partial charge is 0.136 e. The van der Waals surface area contributed by atoms with Crippen molar-refractivity contribution >= 4 is 97.4 Å². The maximum Gasteiger partial charge on any atom is 0.136 e. The lowest BCUT2D eigenvalue weighted by atomic mass is 9.80. The third-order valence-corrected chi connectivity index (χ3v) is 14.4. The molecule has 0 aliphatic heterocycles. The first kappa shape index (κ1) is 33.9. The van der Waals surface area contributed by atoms with Crippen LogP contribution in [0.3, 0.4) is 0 Å². The van der Waals surface area contributed by atoms with Crippen molar-refractivity contribution in [3.05, 3.63) is 193 Å². The number of fused-ring (bicyclic) bond motifs is 10. The Morgan fingerprint density at radius 3 is 1.82 bits per heavy atom. The van der Waals surface area contributed by atoms with E-state index in [1.54, 1.807) is 0 Å². The number of benzene rings is 9. The van der Waals surface area contributed by atoms with Gasteiger partial charge in [0.15, 0.2) is 0 Å². The zero-order chi connectivity index (χ0) is 39.3. The van der Waals surface area contributed by atoms with Crippen LogP contribution in [0.15, 0.2) is 180 Å². The summed E-state index contributed by atoms with van der Waals surface area (Å²) in [6, 6.07) is 56.4. The van der Waals surface area contributed by atoms with Crippen LogP contribution in [0.25, 0.3) is 119 Å². The van der Waals surface area contributed by atoms with Gasteiger partial charge in [-0.25, -0.2) is 0 Å². The molecule has 2 aromatic heterocycles. The second kappa shape index (κ2) is 13.3. The van der Waals surface area contributed by atoms with E-state index in [2.05, 4.69) is 182 Å². The van der Waals surface area contributed by atoms with Crippen molar-refractivity contribution in [2.45, 2.75) is 25.7 Å². The van der Waals surface area contributed by atoms with Gasteiger partial charge in [-0.1, -0.05) is 152 Å². The molecule has 2 aliphatic carbocycles. The summed E-state index contributed by atoms with van der Waals surface area (Å²) in [6.07, 6.45) is 15.7. The third kappa shape index (κ3) is 4.98. The van der Waals surface area contributed by atoms with Crippen LogP contribution < -0.4 is 0 Å². The van der Waals surface area contributed by atoms with E-state index < -0.39 is 0 Å². The number of thiophene rings is 1. The summed E-state index contributed by atoms with van der Waals surface area (Å²) >= 11 is 1.92. The Balaban J connectivity index is 1.00. The largest absolute Gasteiger partial charge is 0.456 e. The van der Waals surface area contributed by atoms with E-state index in [0.717, 1.165) is 47.6 Å². The van der Waals surface area contributed by atoms with Gasteiger partial charge in [-0.3, -0.25) is 0 Å². The van der Waals surface area contributed by atoms with Crippen molar-refractivity contribution < 1.29 is 4.42 Å². The SMILES string of the molecule is C1=CCCC(c2c3ccccc3c(-c3ccc4oc5cc(-c6c7c(c(-c8cccc9c8sc8ccccc89)c8ccccc68)CCC=C7)ccc5c4c3)c3ccccc23)=C1. The molecule has 0 atom stereocenters. The minimum Gasteiger partial charge on any atom is -0.456 e. The molecule has 11 aromatic rings. The molecule has 2 heterocycles. The van der Waals surface area contributed by atoms with E-state index in [1.165, 1.54) is 108 Å². The molecule has 13 rings (SSSR count). The average molecular weight is 783 g/mol. The minimum absolute atomic E-state index is 0.911. The third-order valence-electron chi connectivity index (χ3n) is 13.2. The van der Waals surface area contributed by atoms with Gasteiger partial charge in [-0.15, -0.1) is 11.3 Å². The summed E-state index contributed by atoms with van der Waals surface area (Å²) in [4.78, 5) is 0. The van der Waals surface area contributed by atoms with Gasteiger partial charge >= 0.3 is 0 Å². The fourth-order valence-electron chi connectivity index (χ4n) is 10.6. The number of hydrogen-bond acceptors (Lipinski definition) is 2. The molecule has 0 N–H and O–H groups in total. The highest BCUT2D eigenvalue weighted by Gasteiger charge is 2.25. The summed E-state index contributed by atoms with van der Waals surface area (Å²) in [6.45, 7) is 0. The van der Waals surface area contributed by atoms with Crippen LogP contribution in [-0.4, -0.2) is 0 Å². The average Bonchev–Trinajstić information content (AvgIpc) is 3.88. The first-order valence-electron chi connectivity index (χ1n) is 21.2. The summed E-state index contributed by atoms with van der Waals surface area (Å²) in [5, 5.41) is 12.7. The Bertz CT molecular complexity index is 3660. The Labute approximate surface area is 351 Å². The number of hydrogen-bond donors (Lipinski definition) is 0. The van der Waals surface area contributed by atoms with Crippen LogP contribution in [0.5, 0.6) is 0 Å². The van der Waals surface area contributed by atoms with E-state index in [0.29, 0.717) is 0 Å². The zero-order valence-electron chi connectivity index (χ0n) is 33.0. The molecular formula is C58H38OS. The Kier molecular flexibility index (Phi) is 7.50. The van der Waals surface area contributed by atoms with E-state index in [1.807, 2.05) is 11.3 Å². The first-order chi connectivity index (χ1) is 29.8. The van der Waals surface area contributed by atoms with Gasteiger partial charge in [-0.05, 0) is 138 Å². The molecule has 2 heteroatoms. The maximum absolute atomic E-state index is 6.77. The van der Waals surface area contributed by atoms with Crippen molar-refractivity contribution in [3.8, 4) is 33.4 Å². The summed E-state index contributed by atoms with van der Waals surface area (Å²) in [7, 11) is 0. The molecule has 0 fully saturated rings. The Morgan fingerprint density at radius 2 is 1.07 bits per heavy atom. The Morgan fingerprint density at radius 1 is 0.433 bits per heavy atom. The van der Waals surface area contributed by atoms with Crippen molar-refractivity contribution in [2.75, 3.05) is 0 Å². The second-order valence-electron chi connectivity index (χ2n) is 16.4. The molecule has 0 saturated carbocycles. The van der Waals surface area contributed by atoms with Crippen LogP contribution in [-0.2, 0) is 6.42 Å². The topological polar surface area (TPSA) is 13.1 Å². The predicted molar refractivity (Wildman–Crippen MR) is 259 cm³/mol. The molecule has 0 bridgehead atoms. The van der Waals surface area contributed by atoms with Gasteiger partial charge in [0, 0.05) is 36.5 Å². The molecule has 0 amide bonds. The van der Waals surface area contributed by atoms with Crippen molar-refractivity contribution in [1.29, 1.82) is 0 Å². The van der Waals surface area contributed by atoms with Crippen molar-refractivity contribution in [2.24, 2.45) is 0 Å². The van der Waals surface area contributed by atoms with E-state index >= 15 is 0 Å². The lowest BCUT2D eigenvalue weighted by molar-refractivity contribution is 0.669. The molecule has 9 aromatic carbocycles. The van der Waals surface area contributed by atoms with E-state index in [9.17, 15) is 0 Å². The van der Waals surface area contributed by atoms with E-state index in [-0.39, 0.29) is 0 Å². The summed E-state index contributed by atoms with van der Waals surface area (Å²) < 4.78 is 9.48. The van der Waals surface area contributed by atoms with E-state index in [4.69, 9.17) is 4.42 Å². The van der Waals surface area contributed by atoms with Crippen LogP contribution in [0.4, 0.5) is 0 Å². The van der Waals surface area contributed by atoms with Gasteiger partial charge < -0.3 is 4.42 Å². The number of allylic oxidation sites excluding steroid dienone is 5. The quantitative estimate of drug-likeness (QED) is 0.162. The van der Waals surface area contributed by atoms with Crippen LogP contribution in [0.1, 0.15) is 36.0 Å². The molecule has 0 unspecified atom stereocenters. The van der Waals surface area contributed by atoms with Gasteiger partial charge in [0.05, 0.1) is 0 Å². The first-order valence-corrected chi connectivity index (χ1v) is 22.0. The molecule has 0 saturated heterocycles. The monoisotopic (exact) mass is 782 g/mol. The normalized spacial score (nSPS) is 14.0. The lowest BCUT2D eigenvalue weighted by Gasteiger charge is -2.24. The molecule has 2 aliphatic rings. The Hall–Kier alpha value is -7.00. The van der Waals surface area contributed by atoms with Gasteiger partial charge in [0.25, 0.3) is 0 Å². The van der Waals surface area contributed by atoms with Crippen LogP contribution in [0, 0.1) is 0 Å². The molecular weight excluding hydrogens is 745 g/mol. The molecule has 0 spiro atoms. The fourth-order valence-corrected chi connectivity index (χ4v) is 11.9. The standard InChI is InChI=1S/C58H38OS/c1-2-15-35(16-3-1)54-40-18-4-6-20-42(40)55(43-21-7-5-19-41(43)54)36-30-32-51-50(33-36)38-31-29-37(34-52(38)59-51)56-44-22-8-10-24-46(44)57(47-25-11-9-23-45(47)56)49-27-14-26-48-39-17-12-13-28-53(39)60-58(48)49/h1-2,4-10,12-15,17-24,26-34H,3,11,16,25H2. The highest BCUT2D eigenvalue weighted by molar-refractivity contribution is 7.26. The zero-order valence-corrected chi connectivity index (χ0v) is 33.8. The van der Waals surface area contributed by atoms with Crippen LogP contribution >= 0.6 is 11.3 Å². The minimum atomic E-state index is 0.911. The highest BCUT2D eigenvalue weighted by Crippen LogP contribution is 2.50. The second-order valence-corrected chi connectivity index (χ2v) is 17.5. The number of rotatable bonds is 4. The number of furan rings is 1. The molecule has 60 heavy (non-hydrogen) atoms. The summed E-state index contributed by atoms with van der Waals surface area (Å²) in [5.74, 6) is 0. The maximum atomic E-state index is 6.77. The van der Waals surface area contributed by atoms with Gasteiger partial charge in [0.2, 0.25) is 0 Å². The molecule has 282 valence electrons. The predicted octanol–water partition coefficient (Wildman–Crippen LogP) is 17.1. The van der Waals surface area contributed by atoms with Crippen molar-refractivity contribution in [1.82, 2.24) is 0 Å². The highest BCUT2D eigenvalue weighted by atomic mass is 32.1. The molecule has 1 nitrogen and oxygen atoms in total. The summed E-state index contributed by atoms with van der Waals surface area (Å²) in [5.41, 5.74) is 15.0. The van der Waals surface area contributed by atoms with Gasteiger partial charge in [0.1, 0.15) is 11.2 Å². The fraction of sp³-hybridized carbons (Fsp3) is 0.0690. The molecule has 0 radical (unpaired) electrons. The van der Waals surface area contributed by atoms with Gasteiger partial charge in [-0.2, -0.15) is 0 Å². The van der Waals surface area contributed by atoms with Crippen LogP contribution in [0.2, 0.25) is 0 Å². The van der Waals surface area contributed by atoms with Crippen molar-refractivity contribution in [3.63, 3.8) is 0 Å².